The molecule has 0 rings (SSSR count). The van der Waals surface area contributed by atoms with Crippen LogP contribution < -0.4 is 0 Å². The van der Waals surface area contributed by atoms with Gasteiger partial charge in [-0.15, -0.1) is 0 Å². The van der Waals surface area contributed by atoms with Gasteiger partial charge < -0.3 is 17.7 Å². The lowest BCUT2D eigenvalue weighted by molar-refractivity contribution is -0.0120. The monoisotopic (exact) mass is 424 g/mol. The molecule has 0 radical (unpaired) electrons. The van der Waals surface area contributed by atoms with Crippen molar-refractivity contribution in [2.24, 2.45) is 5.41 Å². The second-order valence-corrected chi connectivity index (χ2v) is 29.2. The summed E-state index contributed by atoms with van der Waals surface area (Å²) in [5, 5.41) is 0. The van der Waals surface area contributed by atoms with Crippen LogP contribution in [0.15, 0.2) is 0 Å². The Morgan fingerprint density at radius 1 is 0.400 bits per heavy atom. The minimum Gasteiger partial charge on any atom is -0.417 e. The van der Waals surface area contributed by atoms with Crippen molar-refractivity contribution in [3.63, 3.8) is 0 Å². The fraction of sp³-hybridized carbons (Fsp3) is 1.00. The van der Waals surface area contributed by atoms with E-state index in [1.54, 1.807) is 0 Å². The van der Waals surface area contributed by atoms with Gasteiger partial charge in [-0.1, -0.05) is 0 Å². The quantitative estimate of drug-likeness (QED) is 0.394. The Morgan fingerprint density at radius 3 is 0.680 bits per heavy atom. The van der Waals surface area contributed by atoms with Gasteiger partial charge in [-0.25, -0.2) is 0 Å². The Balaban J connectivity index is 5.41. The molecule has 25 heavy (non-hydrogen) atoms. The van der Waals surface area contributed by atoms with Crippen LogP contribution in [0.3, 0.4) is 0 Å². The van der Waals surface area contributed by atoms with E-state index in [-0.39, 0.29) is 5.41 Å². The summed E-state index contributed by atoms with van der Waals surface area (Å²) >= 11 is 0. The zero-order valence-corrected chi connectivity index (χ0v) is 23.0. The molecule has 0 aromatic carbocycles. The minimum atomic E-state index is -1.62. The molecule has 0 saturated carbocycles. The fourth-order valence-electron chi connectivity index (χ4n) is 1.73. The van der Waals surface area contributed by atoms with E-state index in [4.69, 9.17) is 17.7 Å². The van der Waals surface area contributed by atoms with Crippen LogP contribution in [0.25, 0.3) is 0 Å². The average Bonchev–Trinajstić information content (AvgIpc) is 2.33. The Labute approximate surface area is 161 Å². The SMILES string of the molecule is C[Si](C)(C)OCC(CO[Si](C)(C)C)(CO[Si](C)(C)C)CO[Si](C)(C)C. The van der Waals surface area contributed by atoms with Crippen molar-refractivity contribution in [2.45, 2.75) is 78.6 Å². The van der Waals surface area contributed by atoms with Crippen molar-refractivity contribution < 1.29 is 17.7 Å². The van der Waals surface area contributed by atoms with Crippen molar-refractivity contribution in [3.05, 3.63) is 0 Å². The first-order chi connectivity index (χ1) is 10.8. The summed E-state index contributed by atoms with van der Waals surface area (Å²) in [6.07, 6.45) is 0. The zero-order chi connectivity index (χ0) is 20.2. The maximum Gasteiger partial charge on any atom is 0.183 e. The molecule has 4 nitrogen and oxygen atoms in total. The van der Waals surface area contributed by atoms with Crippen molar-refractivity contribution in [1.82, 2.24) is 0 Å². The van der Waals surface area contributed by atoms with E-state index in [1.807, 2.05) is 0 Å². The smallest absolute Gasteiger partial charge is 0.183 e. The Hall–Kier alpha value is 0.708. The van der Waals surface area contributed by atoms with E-state index in [0.29, 0.717) is 26.4 Å². The third kappa shape index (κ3) is 15.5. The van der Waals surface area contributed by atoms with Crippen LogP contribution in [-0.4, -0.2) is 59.7 Å². The lowest BCUT2D eigenvalue weighted by Crippen LogP contribution is -2.50. The first kappa shape index (κ1) is 25.7. The normalized spacial score (nSPS) is 14.9. The van der Waals surface area contributed by atoms with Crippen LogP contribution in [0.2, 0.25) is 78.6 Å². The van der Waals surface area contributed by atoms with Gasteiger partial charge in [-0.2, -0.15) is 0 Å². The second kappa shape index (κ2) is 9.27. The van der Waals surface area contributed by atoms with E-state index >= 15 is 0 Å². The Kier molecular flexibility index (Phi) is 9.53. The highest BCUT2D eigenvalue weighted by Crippen LogP contribution is 2.27. The maximum atomic E-state index is 6.34. The lowest BCUT2D eigenvalue weighted by atomic mass is 9.93. The highest BCUT2D eigenvalue weighted by atomic mass is 28.4. The molecule has 0 fully saturated rings. The summed E-state index contributed by atoms with van der Waals surface area (Å²) in [6, 6.07) is 0. The standard InChI is InChI=1S/C17H44O4Si4/c1-22(2,3)18-13-17(14-19-23(4,5)6,15-20-24(7,8)9)16-21-25(10,11)12/h13-16H2,1-12H3. The molecule has 0 aliphatic carbocycles. The number of hydrogen-bond donors (Lipinski definition) is 0. The second-order valence-electron chi connectivity index (χ2n) is 11.1. The third-order valence-electron chi connectivity index (χ3n) is 3.25. The van der Waals surface area contributed by atoms with Crippen LogP contribution in [-0.2, 0) is 17.7 Å². The van der Waals surface area contributed by atoms with Crippen LogP contribution in [0.5, 0.6) is 0 Å². The van der Waals surface area contributed by atoms with Gasteiger partial charge in [-0.05, 0) is 78.6 Å². The van der Waals surface area contributed by atoms with Crippen LogP contribution >= 0.6 is 0 Å². The van der Waals surface area contributed by atoms with Crippen molar-refractivity contribution in [1.29, 1.82) is 0 Å². The molecule has 0 aliphatic rings. The fourth-order valence-corrected chi connectivity index (χ4v) is 4.69. The first-order valence-corrected chi connectivity index (χ1v) is 23.0. The molecule has 0 aromatic rings. The first-order valence-electron chi connectivity index (χ1n) is 9.39. The minimum absolute atomic E-state index is 0.221. The van der Waals surface area contributed by atoms with E-state index in [2.05, 4.69) is 78.6 Å². The number of rotatable bonds is 12. The summed E-state index contributed by atoms with van der Waals surface area (Å²) in [5.41, 5.74) is -0.221. The maximum absolute atomic E-state index is 6.34. The molecule has 0 saturated heterocycles. The Morgan fingerprint density at radius 2 is 0.560 bits per heavy atom. The number of hydrogen-bond acceptors (Lipinski definition) is 4. The summed E-state index contributed by atoms with van der Waals surface area (Å²) in [4.78, 5) is 0. The third-order valence-corrected chi connectivity index (χ3v) is 7.29. The molecule has 0 N–H and O–H groups in total. The van der Waals surface area contributed by atoms with Gasteiger partial charge >= 0.3 is 0 Å². The Bertz CT molecular complexity index is 312. The molecule has 0 amide bonds. The highest BCUT2D eigenvalue weighted by molar-refractivity contribution is 6.70. The summed E-state index contributed by atoms with van der Waals surface area (Å²) in [7, 11) is -6.50. The molecule has 0 bridgehead atoms. The predicted molar refractivity (Wildman–Crippen MR) is 120 cm³/mol. The van der Waals surface area contributed by atoms with Gasteiger partial charge in [-0.3, -0.25) is 0 Å². The zero-order valence-electron chi connectivity index (χ0n) is 19.0. The van der Waals surface area contributed by atoms with Gasteiger partial charge in [0.15, 0.2) is 33.3 Å². The van der Waals surface area contributed by atoms with Gasteiger partial charge in [0.25, 0.3) is 0 Å². The summed E-state index contributed by atoms with van der Waals surface area (Å²) < 4.78 is 25.3. The van der Waals surface area contributed by atoms with E-state index < -0.39 is 33.3 Å². The van der Waals surface area contributed by atoms with Crippen molar-refractivity contribution >= 4 is 33.3 Å². The summed E-state index contributed by atoms with van der Waals surface area (Å²) in [6.45, 7) is 29.4. The van der Waals surface area contributed by atoms with Gasteiger partial charge in [0, 0.05) is 26.4 Å². The molecule has 0 atom stereocenters. The van der Waals surface area contributed by atoms with Gasteiger partial charge in [0.05, 0.1) is 5.41 Å². The lowest BCUT2D eigenvalue weighted by Gasteiger charge is -2.40. The molecular formula is C17H44O4Si4. The van der Waals surface area contributed by atoms with E-state index in [1.165, 1.54) is 0 Å². The topological polar surface area (TPSA) is 36.9 Å². The van der Waals surface area contributed by atoms with Crippen LogP contribution in [0.4, 0.5) is 0 Å². The molecule has 152 valence electrons. The molecule has 0 aliphatic heterocycles. The highest BCUT2D eigenvalue weighted by Gasteiger charge is 2.38. The van der Waals surface area contributed by atoms with Gasteiger partial charge in [0.2, 0.25) is 0 Å². The predicted octanol–water partition coefficient (Wildman–Crippen LogP) is 5.38. The molecule has 0 heterocycles. The molecular weight excluding hydrogens is 381 g/mol. The van der Waals surface area contributed by atoms with Crippen molar-refractivity contribution in [2.75, 3.05) is 26.4 Å². The van der Waals surface area contributed by atoms with Gasteiger partial charge in [0.1, 0.15) is 0 Å². The van der Waals surface area contributed by atoms with E-state index in [0.717, 1.165) is 0 Å². The molecule has 8 heteroatoms. The van der Waals surface area contributed by atoms with Crippen molar-refractivity contribution in [3.8, 4) is 0 Å². The van der Waals surface area contributed by atoms with Crippen LogP contribution in [0.1, 0.15) is 0 Å². The van der Waals surface area contributed by atoms with E-state index in [9.17, 15) is 0 Å². The average molecular weight is 425 g/mol. The molecule has 0 aromatic heterocycles. The summed E-state index contributed by atoms with van der Waals surface area (Å²) in [5.74, 6) is 0. The largest absolute Gasteiger partial charge is 0.417 e. The molecule has 0 spiro atoms. The molecule has 0 unspecified atom stereocenters. The van der Waals surface area contributed by atoms with Crippen LogP contribution in [0, 0.1) is 5.41 Å².